The Kier molecular flexibility index (Phi) is 4.18. The smallest absolute Gasteiger partial charge is 0.337 e. The number of hydrogen-bond donors (Lipinski definition) is 3. The van der Waals surface area contributed by atoms with Gasteiger partial charge in [-0.1, -0.05) is 6.92 Å². The number of nitrogens with two attached hydrogens (primary N) is 1. The molecule has 4 N–H and O–H groups in total. The van der Waals surface area contributed by atoms with Gasteiger partial charge in [-0.25, -0.2) is 4.79 Å². The van der Waals surface area contributed by atoms with Crippen molar-refractivity contribution in [2.75, 3.05) is 31.2 Å². The van der Waals surface area contributed by atoms with Gasteiger partial charge in [0.25, 0.3) is 0 Å². The minimum atomic E-state index is -0.981. The molecule has 5 nitrogen and oxygen atoms in total. The highest BCUT2D eigenvalue weighted by atomic mass is 16.4. The molecule has 0 aromatic heterocycles. The number of nitrogen functional groups attached to an aromatic ring is 1. The molecule has 1 aliphatic heterocycles. The summed E-state index contributed by atoms with van der Waals surface area (Å²) in [4.78, 5) is 13.5. The van der Waals surface area contributed by atoms with E-state index < -0.39 is 5.97 Å². The lowest BCUT2D eigenvalue weighted by molar-refractivity contribution is 0.0698. The third kappa shape index (κ3) is 3.04. The highest BCUT2D eigenvalue weighted by Gasteiger charge is 2.24. The van der Waals surface area contributed by atoms with E-state index in [1.807, 2.05) is 13.0 Å². The van der Waals surface area contributed by atoms with E-state index in [4.69, 9.17) is 5.73 Å². The van der Waals surface area contributed by atoms with Crippen molar-refractivity contribution in [2.45, 2.75) is 26.3 Å². The average Bonchev–Trinajstić information content (AvgIpc) is 2.36. The number of carbonyl (C=O) groups is 1. The summed E-state index contributed by atoms with van der Waals surface area (Å²) in [6.07, 6.45) is 1.06. The summed E-state index contributed by atoms with van der Waals surface area (Å²) in [5, 5.41) is 12.7. The van der Waals surface area contributed by atoms with E-state index in [0.717, 1.165) is 30.8 Å². The van der Waals surface area contributed by atoms with Crippen LogP contribution >= 0.6 is 0 Å². The largest absolute Gasteiger partial charge is 0.478 e. The molecule has 20 heavy (non-hydrogen) atoms. The molecule has 2 unspecified atom stereocenters. The van der Waals surface area contributed by atoms with Crippen molar-refractivity contribution in [1.29, 1.82) is 0 Å². The van der Waals surface area contributed by atoms with Crippen molar-refractivity contribution in [3.8, 4) is 0 Å². The van der Waals surface area contributed by atoms with E-state index in [-0.39, 0.29) is 5.56 Å². The Morgan fingerprint density at radius 3 is 2.80 bits per heavy atom. The molecule has 1 saturated heterocycles. The van der Waals surface area contributed by atoms with Crippen LogP contribution in [0, 0.1) is 12.8 Å². The molecular weight excluding hydrogens is 254 g/mol. The fourth-order valence-electron chi connectivity index (χ4n) is 2.84. The Morgan fingerprint density at radius 1 is 1.50 bits per heavy atom. The van der Waals surface area contributed by atoms with Crippen LogP contribution in [0.3, 0.4) is 0 Å². The van der Waals surface area contributed by atoms with Crippen LogP contribution in [0.25, 0.3) is 0 Å². The fraction of sp³-hybridized carbons (Fsp3) is 0.533. The second-order valence-corrected chi connectivity index (χ2v) is 5.84. The first-order valence-electron chi connectivity index (χ1n) is 6.97. The molecule has 1 fully saturated rings. The lowest BCUT2D eigenvalue weighted by atomic mass is 9.93. The molecule has 1 aliphatic rings. The summed E-state index contributed by atoms with van der Waals surface area (Å²) in [6.45, 7) is 6.17. The van der Waals surface area contributed by atoms with Crippen molar-refractivity contribution in [3.05, 3.63) is 23.3 Å². The topological polar surface area (TPSA) is 78.6 Å². The second-order valence-electron chi connectivity index (χ2n) is 5.84. The Bertz CT molecular complexity index is 516. The Balaban J connectivity index is 2.19. The van der Waals surface area contributed by atoms with Gasteiger partial charge in [0.05, 0.1) is 5.56 Å². The molecule has 0 saturated carbocycles. The van der Waals surface area contributed by atoms with Gasteiger partial charge in [0.2, 0.25) is 0 Å². The van der Waals surface area contributed by atoms with Crippen molar-refractivity contribution in [2.24, 2.45) is 5.92 Å². The molecule has 0 radical (unpaired) electrons. The van der Waals surface area contributed by atoms with E-state index in [9.17, 15) is 9.90 Å². The Morgan fingerprint density at radius 2 is 2.20 bits per heavy atom. The predicted octanol–water partition coefficient (Wildman–Crippen LogP) is 2.03. The summed E-state index contributed by atoms with van der Waals surface area (Å²) < 4.78 is 0. The zero-order valence-electron chi connectivity index (χ0n) is 12.3. The van der Waals surface area contributed by atoms with Gasteiger partial charge in [-0.3, -0.25) is 0 Å². The molecule has 1 aromatic carbocycles. The van der Waals surface area contributed by atoms with Crippen molar-refractivity contribution >= 4 is 17.3 Å². The molecule has 0 amide bonds. The maximum Gasteiger partial charge on any atom is 0.337 e. The number of carboxylic acids is 1. The summed E-state index contributed by atoms with van der Waals surface area (Å²) in [7, 11) is 2.13. The lowest BCUT2D eigenvalue weighted by Crippen LogP contribution is -2.43. The first-order valence-corrected chi connectivity index (χ1v) is 6.97. The number of aryl methyl sites for hydroxylation is 1. The molecule has 1 aromatic rings. The molecule has 0 spiro atoms. The minimum Gasteiger partial charge on any atom is -0.478 e. The lowest BCUT2D eigenvalue weighted by Gasteiger charge is -2.36. The van der Waals surface area contributed by atoms with Gasteiger partial charge in [-0.2, -0.15) is 0 Å². The van der Waals surface area contributed by atoms with Crippen LogP contribution in [0.5, 0.6) is 0 Å². The van der Waals surface area contributed by atoms with E-state index in [1.165, 1.54) is 0 Å². The van der Waals surface area contributed by atoms with Crippen LogP contribution in [0.1, 0.15) is 29.3 Å². The standard InChI is InChI=1S/C15H23N3O2/c1-9-6-11(7-12(14(9)16)15(19)20)17-13-4-5-18(3)8-10(13)2/h6-7,10,13,17H,4-5,8,16H2,1-3H3,(H,19,20). The number of nitrogens with one attached hydrogen (secondary N) is 1. The van der Waals surface area contributed by atoms with Crippen molar-refractivity contribution < 1.29 is 9.90 Å². The third-order valence-corrected chi connectivity index (χ3v) is 4.08. The normalized spacial score (nSPS) is 23.6. The van der Waals surface area contributed by atoms with E-state index in [0.29, 0.717) is 17.6 Å². The highest BCUT2D eigenvalue weighted by molar-refractivity contribution is 5.95. The number of nitrogens with zero attached hydrogens (tertiary/aromatic N) is 1. The van der Waals surface area contributed by atoms with Gasteiger partial charge in [-0.15, -0.1) is 0 Å². The quantitative estimate of drug-likeness (QED) is 0.737. The van der Waals surface area contributed by atoms with E-state index >= 15 is 0 Å². The number of likely N-dealkylation sites (tertiary alicyclic amines) is 1. The molecule has 0 bridgehead atoms. The molecule has 2 atom stereocenters. The van der Waals surface area contributed by atoms with Crippen molar-refractivity contribution in [1.82, 2.24) is 4.90 Å². The molecule has 110 valence electrons. The maximum absolute atomic E-state index is 11.2. The molecule has 5 heteroatoms. The monoisotopic (exact) mass is 277 g/mol. The van der Waals surface area contributed by atoms with Gasteiger partial charge in [0.15, 0.2) is 0 Å². The minimum absolute atomic E-state index is 0.174. The Hall–Kier alpha value is -1.75. The van der Waals surface area contributed by atoms with Crippen LogP contribution in [0.2, 0.25) is 0 Å². The van der Waals surface area contributed by atoms with Crippen LogP contribution < -0.4 is 11.1 Å². The number of hydrogen-bond acceptors (Lipinski definition) is 4. The summed E-state index contributed by atoms with van der Waals surface area (Å²) >= 11 is 0. The van der Waals surface area contributed by atoms with Crippen LogP contribution in [0.15, 0.2) is 12.1 Å². The molecule has 2 rings (SSSR count). The van der Waals surface area contributed by atoms with Crippen LogP contribution in [-0.4, -0.2) is 42.2 Å². The Labute approximate surface area is 119 Å². The number of piperidine rings is 1. The van der Waals surface area contributed by atoms with Gasteiger partial charge < -0.3 is 21.1 Å². The second kappa shape index (κ2) is 5.71. The zero-order valence-corrected chi connectivity index (χ0v) is 12.3. The van der Waals surface area contributed by atoms with Crippen LogP contribution in [0.4, 0.5) is 11.4 Å². The molecule has 1 heterocycles. The summed E-state index contributed by atoms with van der Waals surface area (Å²) in [5.74, 6) is -0.453. The molecular formula is C15H23N3O2. The first-order chi connectivity index (χ1) is 9.38. The first kappa shape index (κ1) is 14.7. The summed E-state index contributed by atoms with van der Waals surface area (Å²) in [6, 6.07) is 3.93. The van der Waals surface area contributed by atoms with E-state index in [2.05, 4.69) is 24.2 Å². The summed E-state index contributed by atoms with van der Waals surface area (Å²) in [5.41, 5.74) is 7.98. The number of anilines is 2. The van der Waals surface area contributed by atoms with Gasteiger partial charge in [0, 0.05) is 24.0 Å². The highest BCUT2D eigenvalue weighted by Crippen LogP contribution is 2.26. The SMILES string of the molecule is Cc1cc(NC2CCN(C)CC2C)cc(C(=O)O)c1N. The zero-order chi connectivity index (χ0) is 14.9. The fourth-order valence-corrected chi connectivity index (χ4v) is 2.84. The van der Waals surface area contributed by atoms with Gasteiger partial charge in [0.1, 0.15) is 0 Å². The number of benzene rings is 1. The number of carboxylic acid groups (broad SMARTS) is 1. The predicted molar refractivity (Wildman–Crippen MR) is 81.2 cm³/mol. The maximum atomic E-state index is 11.2. The number of aromatic carboxylic acids is 1. The van der Waals surface area contributed by atoms with E-state index in [1.54, 1.807) is 6.07 Å². The van der Waals surface area contributed by atoms with Gasteiger partial charge in [-0.05, 0) is 50.6 Å². The van der Waals surface area contributed by atoms with Crippen molar-refractivity contribution in [3.63, 3.8) is 0 Å². The number of rotatable bonds is 3. The average molecular weight is 277 g/mol. The van der Waals surface area contributed by atoms with Gasteiger partial charge >= 0.3 is 5.97 Å². The third-order valence-electron chi connectivity index (χ3n) is 4.08. The molecule has 0 aliphatic carbocycles. The van der Waals surface area contributed by atoms with Crippen LogP contribution in [-0.2, 0) is 0 Å².